The first-order valence-corrected chi connectivity index (χ1v) is 4.16. The molecule has 1 rings (SSSR count). The van der Waals surface area contributed by atoms with Crippen LogP contribution in [0.1, 0.15) is 6.92 Å². The van der Waals surface area contributed by atoms with Crippen LogP contribution in [0.3, 0.4) is 0 Å². The molecular formula is C11H13NO. The average Bonchev–Trinajstić information content (AvgIpc) is 2.19. The van der Waals surface area contributed by atoms with Crippen molar-refractivity contribution in [1.82, 2.24) is 0 Å². The number of aliphatic imine (C=N–C) groups is 1. The minimum atomic E-state index is 0.852. The van der Waals surface area contributed by atoms with Crippen LogP contribution in [0, 0.1) is 0 Å². The molecule has 0 amide bonds. The summed E-state index contributed by atoms with van der Waals surface area (Å²) in [7, 11) is 1.65. The molecule has 0 fully saturated rings. The summed E-state index contributed by atoms with van der Waals surface area (Å²) in [5.41, 5.74) is 0.930. The fourth-order valence-corrected chi connectivity index (χ4v) is 0.883. The molecule has 0 spiro atoms. The number of benzene rings is 1. The van der Waals surface area contributed by atoms with Gasteiger partial charge in [-0.2, -0.15) is 0 Å². The van der Waals surface area contributed by atoms with E-state index in [1.54, 1.807) is 13.3 Å². The maximum Gasteiger partial charge on any atom is 0.119 e. The second-order valence-electron chi connectivity index (χ2n) is 2.50. The van der Waals surface area contributed by atoms with E-state index in [2.05, 4.69) is 4.99 Å². The van der Waals surface area contributed by atoms with Gasteiger partial charge in [0.15, 0.2) is 0 Å². The Balaban J connectivity index is 2.69. The van der Waals surface area contributed by atoms with Crippen molar-refractivity contribution in [3.63, 3.8) is 0 Å². The van der Waals surface area contributed by atoms with Crippen molar-refractivity contribution in [2.45, 2.75) is 6.92 Å². The van der Waals surface area contributed by atoms with Crippen LogP contribution in [-0.4, -0.2) is 13.3 Å². The lowest BCUT2D eigenvalue weighted by atomic mass is 10.3. The summed E-state index contributed by atoms with van der Waals surface area (Å²) in [6, 6.07) is 7.61. The molecule has 0 aromatic heterocycles. The Labute approximate surface area is 78.6 Å². The monoisotopic (exact) mass is 175 g/mol. The summed E-state index contributed by atoms with van der Waals surface area (Å²) < 4.78 is 5.03. The molecule has 0 aliphatic rings. The highest BCUT2D eigenvalue weighted by molar-refractivity contribution is 5.74. The summed E-state index contributed by atoms with van der Waals surface area (Å²) in [6.45, 7) is 1.96. The van der Waals surface area contributed by atoms with Gasteiger partial charge in [0, 0.05) is 6.21 Å². The van der Waals surface area contributed by atoms with E-state index >= 15 is 0 Å². The highest BCUT2D eigenvalue weighted by Crippen LogP contribution is 2.16. The molecule has 0 radical (unpaired) electrons. The summed E-state index contributed by atoms with van der Waals surface area (Å²) >= 11 is 0. The van der Waals surface area contributed by atoms with Crippen LogP contribution in [-0.2, 0) is 0 Å². The minimum Gasteiger partial charge on any atom is -0.497 e. The van der Waals surface area contributed by atoms with Gasteiger partial charge in [-0.25, -0.2) is 0 Å². The van der Waals surface area contributed by atoms with Crippen LogP contribution < -0.4 is 4.74 Å². The Morgan fingerprint density at radius 1 is 1.23 bits per heavy atom. The molecule has 2 nitrogen and oxygen atoms in total. The molecule has 1 aromatic rings. The zero-order chi connectivity index (χ0) is 9.52. The first-order valence-electron chi connectivity index (χ1n) is 4.16. The number of allylic oxidation sites excluding steroid dienone is 2. The smallest absolute Gasteiger partial charge is 0.119 e. The Morgan fingerprint density at radius 2 is 1.92 bits per heavy atom. The Morgan fingerprint density at radius 3 is 2.46 bits per heavy atom. The lowest BCUT2D eigenvalue weighted by Crippen LogP contribution is -1.79. The van der Waals surface area contributed by atoms with Gasteiger partial charge < -0.3 is 4.74 Å². The Bertz CT molecular complexity index is 298. The van der Waals surface area contributed by atoms with Crippen LogP contribution >= 0.6 is 0 Å². The normalized spacial score (nSPS) is 11.2. The molecule has 0 saturated carbocycles. The van der Waals surface area contributed by atoms with E-state index in [-0.39, 0.29) is 0 Å². The molecule has 0 saturated heterocycles. The van der Waals surface area contributed by atoms with Crippen molar-refractivity contribution >= 4 is 11.9 Å². The van der Waals surface area contributed by atoms with Gasteiger partial charge in [0.2, 0.25) is 0 Å². The topological polar surface area (TPSA) is 21.6 Å². The number of ether oxygens (including phenoxy) is 1. The van der Waals surface area contributed by atoms with Crippen LogP contribution in [0.5, 0.6) is 5.75 Å². The van der Waals surface area contributed by atoms with Crippen LogP contribution in [0.4, 0.5) is 5.69 Å². The summed E-state index contributed by atoms with van der Waals surface area (Å²) in [5.74, 6) is 0.852. The van der Waals surface area contributed by atoms with E-state index in [4.69, 9.17) is 4.74 Å². The number of rotatable bonds is 3. The minimum absolute atomic E-state index is 0.852. The lowest BCUT2D eigenvalue weighted by molar-refractivity contribution is 0.415. The average molecular weight is 175 g/mol. The second-order valence-corrected chi connectivity index (χ2v) is 2.50. The van der Waals surface area contributed by atoms with Crippen molar-refractivity contribution in [3.05, 3.63) is 36.4 Å². The SMILES string of the molecule is C/C=C/C=Nc1ccc(OC)cc1. The number of nitrogens with zero attached hydrogens (tertiary/aromatic N) is 1. The van der Waals surface area contributed by atoms with Gasteiger partial charge in [-0.15, -0.1) is 0 Å². The lowest BCUT2D eigenvalue weighted by Gasteiger charge is -1.97. The largest absolute Gasteiger partial charge is 0.497 e. The molecule has 2 heteroatoms. The van der Waals surface area contributed by atoms with Crippen molar-refractivity contribution in [1.29, 1.82) is 0 Å². The molecule has 0 bridgehead atoms. The predicted molar refractivity (Wildman–Crippen MR) is 56.0 cm³/mol. The summed E-state index contributed by atoms with van der Waals surface area (Å²) in [4.78, 5) is 4.20. The first-order chi connectivity index (χ1) is 6.36. The zero-order valence-electron chi connectivity index (χ0n) is 7.90. The van der Waals surface area contributed by atoms with Crippen LogP contribution in [0.25, 0.3) is 0 Å². The quantitative estimate of drug-likeness (QED) is 0.647. The van der Waals surface area contributed by atoms with Crippen molar-refractivity contribution in [3.8, 4) is 5.75 Å². The van der Waals surface area contributed by atoms with E-state index in [1.165, 1.54) is 0 Å². The Kier molecular flexibility index (Phi) is 3.76. The van der Waals surface area contributed by atoms with Gasteiger partial charge in [0.05, 0.1) is 12.8 Å². The molecule has 1 aromatic carbocycles. The molecule has 0 aliphatic heterocycles. The van der Waals surface area contributed by atoms with E-state index < -0.39 is 0 Å². The third-order valence-corrected chi connectivity index (χ3v) is 1.57. The standard InChI is InChI=1S/C11H13NO/c1-3-4-9-12-10-5-7-11(13-2)8-6-10/h3-9H,1-2H3/b4-3+,12-9?. The van der Waals surface area contributed by atoms with Crippen molar-refractivity contribution < 1.29 is 4.74 Å². The van der Waals surface area contributed by atoms with E-state index in [9.17, 15) is 0 Å². The van der Waals surface area contributed by atoms with E-state index in [0.29, 0.717) is 0 Å². The maximum absolute atomic E-state index is 5.03. The molecule has 68 valence electrons. The molecule has 13 heavy (non-hydrogen) atoms. The number of hydrogen-bond acceptors (Lipinski definition) is 2. The molecule has 0 atom stereocenters. The fraction of sp³-hybridized carbons (Fsp3) is 0.182. The molecule has 0 aliphatic carbocycles. The van der Waals surface area contributed by atoms with Gasteiger partial charge in [0.1, 0.15) is 5.75 Å². The number of methoxy groups -OCH3 is 1. The molecular weight excluding hydrogens is 162 g/mol. The first kappa shape index (κ1) is 9.52. The highest BCUT2D eigenvalue weighted by atomic mass is 16.5. The third-order valence-electron chi connectivity index (χ3n) is 1.57. The molecule has 0 heterocycles. The van der Waals surface area contributed by atoms with Crippen molar-refractivity contribution in [2.24, 2.45) is 4.99 Å². The highest BCUT2D eigenvalue weighted by Gasteiger charge is 1.89. The van der Waals surface area contributed by atoms with Gasteiger partial charge in [-0.1, -0.05) is 6.08 Å². The van der Waals surface area contributed by atoms with Gasteiger partial charge in [0.25, 0.3) is 0 Å². The van der Waals surface area contributed by atoms with Gasteiger partial charge in [-0.05, 0) is 37.3 Å². The van der Waals surface area contributed by atoms with E-state index in [1.807, 2.05) is 43.3 Å². The number of hydrogen-bond donors (Lipinski definition) is 0. The molecule has 0 unspecified atom stereocenters. The zero-order valence-corrected chi connectivity index (χ0v) is 7.90. The van der Waals surface area contributed by atoms with Gasteiger partial charge in [-0.3, -0.25) is 4.99 Å². The summed E-state index contributed by atoms with van der Waals surface area (Å²) in [6.07, 6.45) is 5.60. The third kappa shape index (κ3) is 3.11. The van der Waals surface area contributed by atoms with Crippen LogP contribution in [0.2, 0.25) is 0 Å². The maximum atomic E-state index is 5.03. The summed E-state index contributed by atoms with van der Waals surface area (Å²) in [5, 5.41) is 0. The fourth-order valence-electron chi connectivity index (χ4n) is 0.883. The Hall–Kier alpha value is -1.57. The molecule has 0 N–H and O–H groups in total. The van der Waals surface area contributed by atoms with E-state index in [0.717, 1.165) is 11.4 Å². The van der Waals surface area contributed by atoms with Crippen LogP contribution in [0.15, 0.2) is 41.4 Å². The second kappa shape index (κ2) is 5.14. The van der Waals surface area contributed by atoms with Gasteiger partial charge >= 0.3 is 0 Å². The predicted octanol–water partition coefficient (Wildman–Crippen LogP) is 2.97. The van der Waals surface area contributed by atoms with Crippen molar-refractivity contribution in [2.75, 3.05) is 7.11 Å².